The second-order valence-electron chi connectivity index (χ2n) is 8.77. The minimum Gasteiger partial charge on any atom is -0.370 e. The first-order valence-corrected chi connectivity index (χ1v) is 12.8. The number of aryl methyl sites for hydroxylation is 1. The van der Waals surface area contributed by atoms with Gasteiger partial charge in [0.15, 0.2) is 5.11 Å². The van der Waals surface area contributed by atoms with Crippen LogP contribution >= 0.6 is 35.2 Å². The van der Waals surface area contributed by atoms with Crippen LogP contribution < -0.4 is 15.1 Å². The summed E-state index contributed by atoms with van der Waals surface area (Å²) in [5.74, 6) is 0.788. The molecule has 5 rings (SSSR count). The highest BCUT2D eigenvalue weighted by atomic mass is 35.5. The molecule has 3 aromatic rings. The molecular formula is C25H27ClN4S2. The highest BCUT2D eigenvalue weighted by Gasteiger charge is 2.42. The number of thiophene rings is 1. The van der Waals surface area contributed by atoms with Gasteiger partial charge < -0.3 is 15.1 Å². The molecule has 0 unspecified atom stereocenters. The van der Waals surface area contributed by atoms with Gasteiger partial charge in [-0.3, -0.25) is 4.98 Å². The number of anilines is 2. The molecule has 2 aromatic heterocycles. The molecule has 2 aliphatic rings. The summed E-state index contributed by atoms with van der Waals surface area (Å²) in [6, 6.07) is 14.6. The van der Waals surface area contributed by atoms with E-state index in [-0.39, 0.29) is 12.1 Å². The molecule has 0 radical (unpaired) electrons. The number of halogens is 1. The van der Waals surface area contributed by atoms with Crippen molar-refractivity contribution < 1.29 is 0 Å². The van der Waals surface area contributed by atoms with Gasteiger partial charge in [0.25, 0.3) is 0 Å². The normalized spacial score (nSPS) is 21.8. The van der Waals surface area contributed by atoms with Crippen LogP contribution in [-0.4, -0.2) is 23.2 Å². The van der Waals surface area contributed by atoms with Crippen molar-refractivity contribution in [1.82, 2.24) is 10.3 Å². The zero-order valence-corrected chi connectivity index (χ0v) is 20.7. The molecule has 2 saturated heterocycles. The van der Waals surface area contributed by atoms with Gasteiger partial charge in [0.1, 0.15) is 0 Å². The Morgan fingerprint density at radius 3 is 2.62 bits per heavy atom. The van der Waals surface area contributed by atoms with Crippen molar-refractivity contribution in [1.29, 1.82) is 0 Å². The molecule has 0 aliphatic carbocycles. The van der Waals surface area contributed by atoms with Crippen molar-refractivity contribution in [2.45, 2.75) is 38.8 Å². The summed E-state index contributed by atoms with van der Waals surface area (Å²) in [7, 11) is 0. The van der Waals surface area contributed by atoms with Crippen LogP contribution in [0.3, 0.4) is 0 Å². The van der Waals surface area contributed by atoms with E-state index in [1.54, 1.807) is 11.3 Å². The lowest BCUT2D eigenvalue weighted by molar-refractivity contribution is 0.438. The lowest BCUT2D eigenvalue weighted by Crippen LogP contribution is -2.33. The van der Waals surface area contributed by atoms with Crippen LogP contribution in [0.5, 0.6) is 0 Å². The van der Waals surface area contributed by atoms with E-state index in [0.29, 0.717) is 5.11 Å². The van der Waals surface area contributed by atoms with Crippen molar-refractivity contribution >= 4 is 51.6 Å². The second kappa shape index (κ2) is 9.00. The SMILES string of the molecule is Cc1ccsc1[C@@H]1[C@@H](c2ccccn2)NC(=S)N1c1ccc(N2CCC(C)CC2)c(Cl)c1. The molecular weight excluding hydrogens is 456 g/mol. The molecule has 1 aromatic carbocycles. The summed E-state index contributed by atoms with van der Waals surface area (Å²) < 4.78 is 0. The molecule has 2 aliphatic heterocycles. The number of rotatable bonds is 4. The first-order chi connectivity index (χ1) is 15.5. The van der Waals surface area contributed by atoms with Gasteiger partial charge in [0.05, 0.1) is 28.5 Å². The van der Waals surface area contributed by atoms with Gasteiger partial charge in [-0.1, -0.05) is 24.6 Å². The molecule has 0 saturated carbocycles. The number of thiocarbonyl (C=S) groups is 1. The number of benzene rings is 1. The third-order valence-corrected chi connectivity index (χ3v) is 8.31. The Hall–Kier alpha value is -2.15. The number of nitrogens with one attached hydrogen (secondary N) is 1. The zero-order chi connectivity index (χ0) is 22.2. The molecule has 2 fully saturated rings. The Kier molecular flexibility index (Phi) is 6.10. The molecule has 7 heteroatoms. The largest absolute Gasteiger partial charge is 0.370 e. The van der Waals surface area contributed by atoms with Crippen LogP contribution in [0, 0.1) is 12.8 Å². The maximum Gasteiger partial charge on any atom is 0.174 e. The predicted molar refractivity (Wildman–Crippen MR) is 139 cm³/mol. The predicted octanol–water partition coefficient (Wildman–Crippen LogP) is 6.52. The second-order valence-corrected chi connectivity index (χ2v) is 10.5. The van der Waals surface area contributed by atoms with E-state index in [1.165, 1.54) is 23.3 Å². The van der Waals surface area contributed by atoms with E-state index < -0.39 is 0 Å². The summed E-state index contributed by atoms with van der Waals surface area (Å²) in [5.41, 5.74) is 4.38. The summed E-state index contributed by atoms with van der Waals surface area (Å²) in [5, 5.41) is 7.16. The van der Waals surface area contributed by atoms with E-state index in [2.05, 4.69) is 69.7 Å². The van der Waals surface area contributed by atoms with Gasteiger partial charge in [-0.05, 0) is 85.2 Å². The van der Waals surface area contributed by atoms with Crippen molar-refractivity contribution in [3.05, 3.63) is 75.2 Å². The number of pyridine rings is 1. The molecule has 4 nitrogen and oxygen atoms in total. The Labute approximate surface area is 204 Å². The Bertz CT molecular complexity index is 1110. The number of nitrogens with zero attached hydrogens (tertiary/aromatic N) is 3. The van der Waals surface area contributed by atoms with Crippen LogP contribution in [0.25, 0.3) is 0 Å². The van der Waals surface area contributed by atoms with Crippen LogP contribution in [0.4, 0.5) is 11.4 Å². The minimum absolute atomic E-state index is 0.0233. The van der Waals surface area contributed by atoms with E-state index in [1.807, 2.05) is 18.3 Å². The van der Waals surface area contributed by atoms with Gasteiger partial charge in [0, 0.05) is 29.9 Å². The van der Waals surface area contributed by atoms with Gasteiger partial charge in [-0.25, -0.2) is 0 Å². The van der Waals surface area contributed by atoms with Crippen molar-refractivity contribution in [3.63, 3.8) is 0 Å². The average Bonchev–Trinajstić information content (AvgIpc) is 3.37. The zero-order valence-electron chi connectivity index (χ0n) is 18.3. The van der Waals surface area contributed by atoms with E-state index in [0.717, 1.165) is 41.1 Å². The monoisotopic (exact) mass is 482 g/mol. The summed E-state index contributed by atoms with van der Waals surface area (Å²) in [6.45, 7) is 6.60. The maximum absolute atomic E-state index is 6.84. The molecule has 0 amide bonds. The van der Waals surface area contributed by atoms with Crippen LogP contribution in [0.1, 0.15) is 48.0 Å². The first-order valence-electron chi connectivity index (χ1n) is 11.1. The van der Waals surface area contributed by atoms with Gasteiger partial charge in [-0.2, -0.15) is 0 Å². The quantitative estimate of drug-likeness (QED) is 0.428. The first kappa shape index (κ1) is 21.7. The number of aromatic nitrogens is 1. The fraction of sp³-hybridized carbons (Fsp3) is 0.360. The van der Waals surface area contributed by atoms with E-state index >= 15 is 0 Å². The summed E-state index contributed by atoms with van der Waals surface area (Å²) >= 11 is 14.5. The van der Waals surface area contributed by atoms with Crippen molar-refractivity contribution in [2.75, 3.05) is 22.9 Å². The Balaban J connectivity index is 1.52. The standard InChI is InChI=1S/C25H27ClN4S2/c1-16-8-12-29(13-9-16)21-7-6-18(15-19(21)26)30-23(24-17(2)10-14-32-24)22(28-25(30)31)20-5-3-4-11-27-20/h3-7,10-11,14-16,22-23H,8-9,12-13H2,1-2H3,(H,28,31)/t22-,23+/m1/s1. The van der Waals surface area contributed by atoms with E-state index in [4.69, 9.17) is 23.8 Å². The summed E-state index contributed by atoms with van der Waals surface area (Å²) in [4.78, 5) is 10.5. The fourth-order valence-electron chi connectivity index (χ4n) is 4.74. The highest BCUT2D eigenvalue weighted by Crippen LogP contribution is 2.45. The molecule has 166 valence electrons. The number of hydrogen-bond donors (Lipinski definition) is 1. The molecule has 0 bridgehead atoms. The molecule has 32 heavy (non-hydrogen) atoms. The van der Waals surface area contributed by atoms with Crippen molar-refractivity contribution in [2.24, 2.45) is 5.92 Å². The van der Waals surface area contributed by atoms with Crippen LogP contribution in [0.15, 0.2) is 54.0 Å². The third kappa shape index (κ3) is 4.00. The maximum atomic E-state index is 6.84. The third-order valence-electron chi connectivity index (χ3n) is 6.60. The Morgan fingerprint density at radius 2 is 1.97 bits per heavy atom. The minimum atomic E-state index is -0.0249. The lowest BCUT2D eigenvalue weighted by atomic mass is 9.98. The van der Waals surface area contributed by atoms with Gasteiger partial charge in [-0.15, -0.1) is 11.3 Å². The number of hydrogen-bond acceptors (Lipinski definition) is 4. The Morgan fingerprint density at radius 1 is 1.16 bits per heavy atom. The molecule has 4 heterocycles. The smallest absolute Gasteiger partial charge is 0.174 e. The highest BCUT2D eigenvalue weighted by molar-refractivity contribution is 7.80. The van der Waals surface area contributed by atoms with E-state index in [9.17, 15) is 0 Å². The van der Waals surface area contributed by atoms with Crippen LogP contribution in [-0.2, 0) is 0 Å². The number of piperidine rings is 1. The average molecular weight is 483 g/mol. The molecule has 2 atom stereocenters. The fourth-order valence-corrected chi connectivity index (χ4v) is 6.43. The lowest BCUT2D eigenvalue weighted by Gasteiger charge is -2.33. The van der Waals surface area contributed by atoms with Crippen molar-refractivity contribution in [3.8, 4) is 0 Å². The summed E-state index contributed by atoms with van der Waals surface area (Å²) in [6.07, 6.45) is 4.26. The van der Waals surface area contributed by atoms with Gasteiger partial charge >= 0.3 is 0 Å². The topological polar surface area (TPSA) is 31.4 Å². The molecule has 1 N–H and O–H groups in total. The van der Waals surface area contributed by atoms with Gasteiger partial charge in [0.2, 0.25) is 0 Å². The molecule has 0 spiro atoms. The van der Waals surface area contributed by atoms with Crippen LogP contribution in [0.2, 0.25) is 5.02 Å².